The van der Waals surface area contributed by atoms with Crippen LogP contribution < -0.4 is 5.32 Å². The summed E-state index contributed by atoms with van der Waals surface area (Å²) in [5, 5.41) is 3.46. The van der Waals surface area contributed by atoms with Gasteiger partial charge in [0.2, 0.25) is 0 Å². The van der Waals surface area contributed by atoms with Crippen molar-refractivity contribution < 1.29 is 13.2 Å². The van der Waals surface area contributed by atoms with Gasteiger partial charge in [0.15, 0.2) is 0 Å². The van der Waals surface area contributed by atoms with Crippen molar-refractivity contribution in [2.24, 2.45) is 0 Å². The van der Waals surface area contributed by atoms with Gasteiger partial charge in [0.25, 0.3) is 0 Å². The van der Waals surface area contributed by atoms with Crippen LogP contribution in [0.15, 0.2) is 24.3 Å². The van der Waals surface area contributed by atoms with Crippen LogP contribution in [0.4, 0.5) is 13.2 Å². The van der Waals surface area contributed by atoms with Gasteiger partial charge in [0, 0.05) is 32.2 Å². The summed E-state index contributed by atoms with van der Waals surface area (Å²) in [6.45, 7) is 5.45. The number of benzene rings is 1. The predicted molar refractivity (Wildman–Crippen MR) is 73.4 cm³/mol. The molecule has 1 atom stereocenters. The normalized spacial score (nSPS) is 21.7. The van der Waals surface area contributed by atoms with Crippen molar-refractivity contribution in [1.29, 1.82) is 0 Å². The Hall–Kier alpha value is -1.07. The van der Waals surface area contributed by atoms with E-state index in [-0.39, 0.29) is 0 Å². The summed E-state index contributed by atoms with van der Waals surface area (Å²) in [7, 11) is 0. The van der Waals surface area contributed by atoms with Gasteiger partial charge in [-0.2, -0.15) is 13.2 Å². The minimum Gasteiger partial charge on any atom is -0.313 e. The molecule has 1 aromatic carbocycles. The van der Waals surface area contributed by atoms with Crippen molar-refractivity contribution in [2.75, 3.05) is 19.6 Å². The number of alkyl halides is 3. The van der Waals surface area contributed by atoms with Gasteiger partial charge >= 0.3 is 6.18 Å². The first-order valence-electron chi connectivity index (χ1n) is 7.11. The maximum atomic E-state index is 12.7. The fourth-order valence-corrected chi connectivity index (χ4v) is 2.59. The molecule has 1 saturated heterocycles. The third kappa shape index (κ3) is 4.21. The van der Waals surface area contributed by atoms with Gasteiger partial charge in [0.05, 0.1) is 5.56 Å². The summed E-state index contributed by atoms with van der Waals surface area (Å²) in [6.07, 6.45) is -2.11. The van der Waals surface area contributed by atoms with Crippen LogP contribution in [0, 0.1) is 0 Å². The van der Waals surface area contributed by atoms with E-state index in [1.54, 1.807) is 6.07 Å². The number of nitrogens with zero attached hydrogens (tertiary/aromatic N) is 1. The maximum Gasteiger partial charge on any atom is 0.416 e. The molecule has 0 radical (unpaired) electrons. The standard InChI is InChI=1S/C15H21F3N2/c1-2-14-6-8-20(9-7-19-14)11-12-4-3-5-13(10-12)15(16,17)18/h3-5,10,14,19H,2,6-9,11H2,1H3. The SMILES string of the molecule is CCC1CCN(Cc2cccc(C(F)(F)F)c2)CCN1. The monoisotopic (exact) mass is 286 g/mol. The Balaban J connectivity index is 1.99. The summed E-state index contributed by atoms with van der Waals surface area (Å²) < 4.78 is 38.1. The van der Waals surface area contributed by atoms with Crippen LogP contribution in [-0.2, 0) is 12.7 Å². The van der Waals surface area contributed by atoms with Crippen LogP contribution in [0.2, 0.25) is 0 Å². The van der Waals surface area contributed by atoms with Crippen molar-refractivity contribution >= 4 is 0 Å². The highest BCUT2D eigenvalue weighted by atomic mass is 19.4. The van der Waals surface area contributed by atoms with Gasteiger partial charge < -0.3 is 5.32 Å². The molecular weight excluding hydrogens is 265 g/mol. The fraction of sp³-hybridized carbons (Fsp3) is 0.600. The average Bonchev–Trinajstić information content (AvgIpc) is 2.63. The Morgan fingerprint density at radius 2 is 2.10 bits per heavy atom. The molecule has 2 nitrogen and oxygen atoms in total. The van der Waals surface area contributed by atoms with Gasteiger partial charge in [-0.25, -0.2) is 0 Å². The molecule has 0 spiro atoms. The third-order valence-electron chi connectivity index (χ3n) is 3.81. The maximum absolute atomic E-state index is 12.7. The summed E-state index contributed by atoms with van der Waals surface area (Å²) >= 11 is 0. The number of hydrogen-bond donors (Lipinski definition) is 1. The molecule has 0 amide bonds. The Morgan fingerprint density at radius 3 is 2.80 bits per heavy atom. The number of halogens is 3. The van der Waals surface area contributed by atoms with Crippen LogP contribution >= 0.6 is 0 Å². The molecule has 1 heterocycles. The van der Waals surface area contributed by atoms with E-state index in [2.05, 4.69) is 17.1 Å². The van der Waals surface area contributed by atoms with Crippen molar-refractivity contribution in [1.82, 2.24) is 10.2 Å². The molecule has 20 heavy (non-hydrogen) atoms. The predicted octanol–water partition coefficient (Wildman–Crippen LogP) is 3.28. The van der Waals surface area contributed by atoms with E-state index in [9.17, 15) is 13.2 Å². The first-order valence-corrected chi connectivity index (χ1v) is 7.11. The molecule has 0 saturated carbocycles. The quantitative estimate of drug-likeness (QED) is 0.917. The molecule has 2 rings (SSSR count). The van der Waals surface area contributed by atoms with Crippen LogP contribution in [0.1, 0.15) is 30.9 Å². The van der Waals surface area contributed by atoms with Gasteiger partial charge in [-0.3, -0.25) is 4.90 Å². The molecule has 0 aromatic heterocycles. The van der Waals surface area contributed by atoms with Crippen LogP contribution in [0.5, 0.6) is 0 Å². The largest absolute Gasteiger partial charge is 0.416 e. The summed E-state index contributed by atoms with van der Waals surface area (Å²) in [6, 6.07) is 6.17. The van der Waals surface area contributed by atoms with Crippen molar-refractivity contribution in [3.63, 3.8) is 0 Å². The molecule has 112 valence electrons. The van der Waals surface area contributed by atoms with E-state index in [1.165, 1.54) is 12.1 Å². The van der Waals surface area contributed by atoms with Crippen molar-refractivity contribution in [3.8, 4) is 0 Å². The lowest BCUT2D eigenvalue weighted by Gasteiger charge is -2.20. The third-order valence-corrected chi connectivity index (χ3v) is 3.81. The molecule has 5 heteroatoms. The number of hydrogen-bond acceptors (Lipinski definition) is 2. The zero-order valence-electron chi connectivity index (χ0n) is 11.7. The van der Waals surface area contributed by atoms with E-state index < -0.39 is 11.7 Å². The fourth-order valence-electron chi connectivity index (χ4n) is 2.59. The highest BCUT2D eigenvalue weighted by molar-refractivity contribution is 5.25. The van der Waals surface area contributed by atoms with Crippen molar-refractivity contribution in [2.45, 2.75) is 38.5 Å². The lowest BCUT2D eigenvalue weighted by molar-refractivity contribution is -0.137. The molecule has 1 N–H and O–H groups in total. The number of rotatable bonds is 3. The minimum atomic E-state index is -4.26. The van der Waals surface area contributed by atoms with Gasteiger partial charge in [0.1, 0.15) is 0 Å². The second kappa shape index (κ2) is 6.59. The Morgan fingerprint density at radius 1 is 1.30 bits per heavy atom. The molecule has 1 unspecified atom stereocenters. The highest BCUT2D eigenvalue weighted by Gasteiger charge is 2.30. The summed E-state index contributed by atoms with van der Waals surface area (Å²) in [5.41, 5.74) is 0.171. The molecule has 1 aliphatic rings. The van der Waals surface area contributed by atoms with Gasteiger partial charge in [-0.05, 0) is 24.5 Å². The topological polar surface area (TPSA) is 15.3 Å². The summed E-state index contributed by atoms with van der Waals surface area (Å²) in [5.74, 6) is 0. The second-order valence-corrected chi connectivity index (χ2v) is 5.32. The smallest absolute Gasteiger partial charge is 0.313 e. The van der Waals surface area contributed by atoms with Gasteiger partial charge in [-0.1, -0.05) is 25.1 Å². The minimum absolute atomic E-state index is 0.529. The molecule has 1 aromatic rings. The summed E-state index contributed by atoms with van der Waals surface area (Å²) in [4.78, 5) is 2.22. The highest BCUT2D eigenvalue weighted by Crippen LogP contribution is 2.29. The average molecular weight is 286 g/mol. The zero-order valence-corrected chi connectivity index (χ0v) is 11.7. The van der Waals surface area contributed by atoms with E-state index in [1.807, 2.05) is 0 Å². The van der Waals surface area contributed by atoms with E-state index in [0.29, 0.717) is 12.6 Å². The Labute approximate surface area is 118 Å². The first kappa shape index (κ1) is 15.3. The lowest BCUT2D eigenvalue weighted by atomic mass is 10.1. The van der Waals surface area contributed by atoms with Crippen molar-refractivity contribution in [3.05, 3.63) is 35.4 Å². The van der Waals surface area contributed by atoms with Gasteiger partial charge in [-0.15, -0.1) is 0 Å². The molecule has 1 fully saturated rings. The van der Waals surface area contributed by atoms with Crippen LogP contribution in [0.3, 0.4) is 0 Å². The molecule has 0 aliphatic carbocycles. The molecule has 1 aliphatic heterocycles. The lowest BCUT2D eigenvalue weighted by Crippen LogP contribution is -2.29. The molecule has 0 bridgehead atoms. The second-order valence-electron chi connectivity index (χ2n) is 5.32. The first-order chi connectivity index (χ1) is 9.49. The zero-order chi connectivity index (χ0) is 14.6. The Bertz CT molecular complexity index is 431. The molecular formula is C15H21F3N2. The van der Waals surface area contributed by atoms with Crippen LogP contribution in [0.25, 0.3) is 0 Å². The Kier molecular flexibility index (Phi) is 5.05. The van der Waals surface area contributed by atoms with E-state index in [4.69, 9.17) is 0 Å². The van der Waals surface area contributed by atoms with E-state index >= 15 is 0 Å². The van der Waals surface area contributed by atoms with E-state index in [0.717, 1.165) is 44.1 Å². The number of nitrogens with one attached hydrogen (secondary N) is 1. The van der Waals surface area contributed by atoms with Crippen LogP contribution in [-0.4, -0.2) is 30.6 Å².